The highest BCUT2D eigenvalue weighted by Crippen LogP contribution is 2.30. The summed E-state index contributed by atoms with van der Waals surface area (Å²) in [7, 11) is 0. The molecule has 0 heterocycles. The fourth-order valence-corrected chi connectivity index (χ4v) is 2.57. The van der Waals surface area contributed by atoms with E-state index in [2.05, 4.69) is 5.32 Å². The van der Waals surface area contributed by atoms with Crippen LogP contribution in [0.3, 0.4) is 0 Å². The third kappa shape index (κ3) is 5.58. The molecule has 1 aliphatic carbocycles. The van der Waals surface area contributed by atoms with Crippen molar-refractivity contribution in [1.29, 1.82) is 0 Å². The number of carbonyl (C=O) groups excluding carboxylic acids is 2. The van der Waals surface area contributed by atoms with E-state index in [-0.39, 0.29) is 18.0 Å². The van der Waals surface area contributed by atoms with Crippen LogP contribution in [0, 0.1) is 17.6 Å². The minimum atomic E-state index is -0.887. The zero-order valence-corrected chi connectivity index (χ0v) is 14.0. The lowest BCUT2D eigenvalue weighted by Gasteiger charge is -2.22. The molecule has 2 amide bonds. The van der Waals surface area contributed by atoms with Gasteiger partial charge in [-0.1, -0.05) is 6.92 Å². The van der Waals surface area contributed by atoms with Crippen molar-refractivity contribution in [1.82, 2.24) is 10.2 Å². The van der Waals surface area contributed by atoms with E-state index in [1.165, 1.54) is 12.8 Å². The molecule has 0 saturated heterocycles. The second-order valence-electron chi connectivity index (χ2n) is 6.27. The predicted octanol–water partition coefficient (Wildman–Crippen LogP) is 3.12. The van der Waals surface area contributed by atoms with Crippen molar-refractivity contribution in [2.75, 3.05) is 19.6 Å². The van der Waals surface area contributed by atoms with Crippen LogP contribution >= 0.6 is 0 Å². The van der Waals surface area contributed by atoms with E-state index in [1.807, 2.05) is 11.8 Å². The highest BCUT2D eigenvalue weighted by molar-refractivity contribution is 5.94. The Hall–Kier alpha value is -1.98. The van der Waals surface area contributed by atoms with Gasteiger partial charge in [0.05, 0.1) is 5.56 Å². The van der Waals surface area contributed by atoms with E-state index < -0.39 is 17.5 Å². The normalized spacial score (nSPS) is 13.6. The van der Waals surface area contributed by atoms with Crippen molar-refractivity contribution in [3.05, 3.63) is 35.4 Å². The molecule has 0 radical (unpaired) electrons. The van der Waals surface area contributed by atoms with Gasteiger partial charge in [-0.2, -0.15) is 0 Å². The summed E-state index contributed by atoms with van der Waals surface area (Å²) in [6, 6.07) is 2.84. The highest BCUT2D eigenvalue weighted by atomic mass is 19.1. The molecule has 1 aromatic rings. The van der Waals surface area contributed by atoms with Crippen LogP contribution in [0.15, 0.2) is 18.2 Å². The Bertz CT molecular complexity index is 588. The average Bonchev–Trinajstić information content (AvgIpc) is 3.34. The lowest BCUT2D eigenvalue weighted by Crippen LogP contribution is -2.34. The van der Waals surface area contributed by atoms with Crippen LogP contribution < -0.4 is 5.32 Å². The van der Waals surface area contributed by atoms with Crippen LogP contribution in [0.25, 0.3) is 0 Å². The molecule has 1 aromatic carbocycles. The molecular weight excluding hydrogens is 314 g/mol. The zero-order valence-electron chi connectivity index (χ0n) is 14.0. The van der Waals surface area contributed by atoms with Gasteiger partial charge in [0.25, 0.3) is 5.91 Å². The van der Waals surface area contributed by atoms with Crippen LogP contribution in [0.4, 0.5) is 8.78 Å². The molecule has 1 aliphatic rings. The molecule has 0 aromatic heterocycles. The maximum Gasteiger partial charge on any atom is 0.254 e. The Morgan fingerprint density at radius 3 is 2.67 bits per heavy atom. The van der Waals surface area contributed by atoms with Gasteiger partial charge in [0.1, 0.15) is 11.6 Å². The second kappa shape index (κ2) is 8.76. The SMILES string of the molecule is CCCN(CC1CC1)C(=O)CCCNC(=O)c1ccc(F)cc1F. The molecule has 132 valence electrons. The van der Waals surface area contributed by atoms with E-state index in [0.717, 1.165) is 31.6 Å². The molecule has 0 bridgehead atoms. The van der Waals surface area contributed by atoms with Gasteiger partial charge < -0.3 is 10.2 Å². The van der Waals surface area contributed by atoms with Gasteiger partial charge in [-0.05, 0) is 43.7 Å². The summed E-state index contributed by atoms with van der Waals surface area (Å²) in [4.78, 5) is 26.0. The Morgan fingerprint density at radius 1 is 1.29 bits per heavy atom. The largest absolute Gasteiger partial charge is 0.352 e. The minimum Gasteiger partial charge on any atom is -0.352 e. The van der Waals surface area contributed by atoms with E-state index in [9.17, 15) is 18.4 Å². The molecule has 0 atom stereocenters. The van der Waals surface area contributed by atoms with E-state index in [0.29, 0.717) is 24.8 Å². The summed E-state index contributed by atoms with van der Waals surface area (Å²) in [5.41, 5.74) is -0.191. The van der Waals surface area contributed by atoms with Gasteiger partial charge in [-0.15, -0.1) is 0 Å². The average molecular weight is 338 g/mol. The summed E-state index contributed by atoms with van der Waals surface area (Å²) in [6.07, 6.45) is 4.19. The van der Waals surface area contributed by atoms with Crippen LogP contribution in [0.5, 0.6) is 0 Å². The van der Waals surface area contributed by atoms with Gasteiger partial charge in [0.15, 0.2) is 0 Å². The summed E-state index contributed by atoms with van der Waals surface area (Å²) in [6.45, 7) is 3.93. The number of halogens is 2. The van der Waals surface area contributed by atoms with Gasteiger partial charge in [0, 0.05) is 32.1 Å². The first-order chi connectivity index (χ1) is 11.5. The molecule has 6 heteroatoms. The van der Waals surface area contributed by atoms with Crippen molar-refractivity contribution in [3.63, 3.8) is 0 Å². The Balaban J connectivity index is 1.72. The number of nitrogens with zero attached hydrogens (tertiary/aromatic N) is 1. The molecule has 2 rings (SSSR count). The quantitative estimate of drug-likeness (QED) is 0.703. The lowest BCUT2D eigenvalue weighted by atomic mass is 10.2. The smallest absolute Gasteiger partial charge is 0.254 e. The van der Waals surface area contributed by atoms with Crippen molar-refractivity contribution in [3.8, 4) is 0 Å². The van der Waals surface area contributed by atoms with Crippen LogP contribution in [0.1, 0.15) is 49.4 Å². The summed E-state index contributed by atoms with van der Waals surface area (Å²) >= 11 is 0. The standard InChI is InChI=1S/C18H24F2N2O2/c1-2-10-22(12-13-5-6-13)17(23)4-3-9-21-18(24)15-8-7-14(19)11-16(15)20/h7-8,11,13H,2-6,9-10,12H2,1H3,(H,21,24). The molecule has 0 aliphatic heterocycles. The van der Waals surface area contributed by atoms with Crippen molar-refractivity contribution in [2.45, 2.75) is 39.0 Å². The number of nitrogens with one attached hydrogen (secondary N) is 1. The van der Waals surface area contributed by atoms with Crippen LogP contribution in [-0.4, -0.2) is 36.3 Å². The van der Waals surface area contributed by atoms with Crippen molar-refractivity contribution < 1.29 is 18.4 Å². The van der Waals surface area contributed by atoms with Gasteiger partial charge in [-0.25, -0.2) is 8.78 Å². The maximum absolute atomic E-state index is 13.5. The molecule has 1 saturated carbocycles. The summed E-state index contributed by atoms with van der Waals surface area (Å²) < 4.78 is 26.3. The number of carbonyl (C=O) groups is 2. The summed E-state index contributed by atoms with van der Waals surface area (Å²) in [5.74, 6) is -1.44. The zero-order chi connectivity index (χ0) is 17.5. The van der Waals surface area contributed by atoms with E-state index in [1.54, 1.807) is 0 Å². The number of rotatable bonds is 9. The first-order valence-corrected chi connectivity index (χ1v) is 8.52. The van der Waals surface area contributed by atoms with E-state index >= 15 is 0 Å². The highest BCUT2D eigenvalue weighted by Gasteiger charge is 2.26. The van der Waals surface area contributed by atoms with Crippen LogP contribution in [-0.2, 0) is 4.79 Å². The number of amides is 2. The molecule has 0 unspecified atom stereocenters. The van der Waals surface area contributed by atoms with Gasteiger partial charge in [0.2, 0.25) is 5.91 Å². The molecular formula is C18H24F2N2O2. The van der Waals surface area contributed by atoms with E-state index in [4.69, 9.17) is 0 Å². The number of hydrogen-bond donors (Lipinski definition) is 1. The molecule has 0 spiro atoms. The Kier molecular flexibility index (Phi) is 6.70. The molecule has 4 nitrogen and oxygen atoms in total. The fourth-order valence-electron chi connectivity index (χ4n) is 2.57. The lowest BCUT2D eigenvalue weighted by molar-refractivity contribution is -0.131. The third-order valence-corrected chi connectivity index (χ3v) is 4.05. The van der Waals surface area contributed by atoms with Crippen molar-refractivity contribution >= 4 is 11.8 Å². The molecule has 24 heavy (non-hydrogen) atoms. The monoisotopic (exact) mass is 338 g/mol. The topological polar surface area (TPSA) is 49.4 Å². The fraction of sp³-hybridized carbons (Fsp3) is 0.556. The second-order valence-corrected chi connectivity index (χ2v) is 6.27. The van der Waals surface area contributed by atoms with Gasteiger partial charge >= 0.3 is 0 Å². The first kappa shape index (κ1) is 18.4. The Morgan fingerprint density at radius 2 is 2.04 bits per heavy atom. The first-order valence-electron chi connectivity index (χ1n) is 8.52. The van der Waals surface area contributed by atoms with Crippen molar-refractivity contribution in [2.24, 2.45) is 5.92 Å². The maximum atomic E-state index is 13.5. The van der Waals surface area contributed by atoms with Gasteiger partial charge in [-0.3, -0.25) is 9.59 Å². The molecule has 1 fully saturated rings. The number of benzene rings is 1. The predicted molar refractivity (Wildman–Crippen MR) is 87.5 cm³/mol. The molecule has 1 N–H and O–H groups in total. The third-order valence-electron chi connectivity index (χ3n) is 4.05. The Labute approximate surface area is 141 Å². The summed E-state index contributed by atoms with van der Waals surface area (Å²) in [5, 5.41) is 2.57. The van der Waals surface area contributed by atoms with Crippen LogP contribution in [0.2, 0.25) is 0 Å². The minimum absolute atomic E-state index is 0.103. The number of hydrogen-bond acceptors (Lipinski definition) is 2.